The van der Waals surface area contributed by atoms with Gasteiger partial charge in [-0.15, -0.1) is 0 Å². The Kier molecular flexibility index (Phi) is 3.31. The number of carbonyl (C=O) groups excluding carboxylic acids is 1. The number of hydrogen-bond acceptors (Lipinski definition) is 1. The Balaban J connectivity index is 3.28. The SMILES string of the molecule is CC(Br)C(=O)c1c(F)cc(F)cc1F. The van der Waals surface area contributed by atoms with Crippen molar-refractivity contribution in [1.29, 1.82) is 0 Å². The lowest BCUT2D eigenvalue weighted by Gasteiger charge is -2.05. The van der Waals surface area contributed by atoms with Crippen LogP contribution in [0.5, 0.6) is 0 Å². The summed E-state index contributed by atoms with van der Waals surface area (Å²) in [5.74, 6) is -4.16. The highest BCUT2D eigenvalue weighted by molar-refractivity contribution is 9.10. The van der Waals surface area contributed by atoms with Gasteiger partial charge >= 0.3 is 0 Å². The van der Waals surface area contributed by atoms with Crippen molar-refractivity contribution in [3.05, 3.63) is 35.1 Å². The van der Waals surface area contributed by atoms with Crippen LogP contribution in [0.2, 0.25) is 0 Å². The van der Waals surface area contributed by atoms with Gasteiger partial charge in [0.25, 0.3) is 0 Å². The lowest BCUT2D eigenvalue weighted by molar-refractivity contribution is 0.0987. The largest absolute Gasteiger partial charge is 0.293 e. The van der Waals surface area contributed by atoms with Crippen molar-refractivity contribution in [1.82, 2.24) is 0 Å². The number of halogens is 4. The summed E-state index contributed by atoms with van der Waals surface area (Å²) in [6.45, 7) is 1.44. The van der Waals surface area contributed by atoms with E-state index in [4.69, 9.17) is 0 Å². The second-order valence-corrected chi connectivity index (χ2v) is 4.10. The van der Waals surface area contributed by atoms with Gasteiger partial charge in [-0.1, -0.05) is 15.9 Å². The third-order valence-corrected chi connectivity index (χ3v) is 2.03. The van der Waals surface area contributed by atoms with Crippen molar-refractivity contribution < 1.29 is 18.0 Å². The number of Topliss-reactive ketones (excluding diaryl/α,β-unsaturated/α-hetero) is 1. The molecule has 0 amide bonds. The van der Waals surface area contributed by atoms with Gasteiger partial charge in [-0.25, -0.2) is 13.2 Å². The second kappa shape index (κ2) is 4.13. The first kappa shape index (κ1) is 11.2. The van der Waals surface area contributed by atoms with E-state index in [0.717, 1.165) is 0 Å². The fourth-order valence-electron chi connectivity index (χ4n) is 0.976. The van der Waals surface area contributed by atoms with Gasteiger partial charge in [0.2, 0.25) is 0 Å². The molecule has 0 spiro atoms. The van der Waals surface area contributed by atoms with Gasteiger partial charge in [-0.05, 0) is 6.92 Å². The van der Waals surface area contributed by atoms with E-state index in [2.05, 4.69) is 15.9 Å². The van der Waals surface area contributed by atoms with Crippen molar-refractivity contribution in [2.75, 3.05) is 0 Å². The van der Waals surface area contributed by atoms with Crippen molar-refractivity contribution in [2.24, 2.45) is 0 Å². The van der Waals surface area contributed by atoms with Gasteiger partial charge in [0.05, 0.1) is 10.4 Å². The summed E-state index contributed by atoms with van der Waals surface area (Å²) in [6.07, 6.45) is 0. The predicted octanol–water partition coefficient (Wildman–Crippen LogP) is 3.07. The van der Waals surface area contributed by atoms with E-state index in [1.165, 1.54) is 6.92 Å². The van der Waals surface area contributed by atoms with E-state index in [-0.39, 0.29) is 0 Å². The van der Waals surface area contributed by atoms with Crippen LogP contribution >= 0.6 is 15.9 Å². The molecule has 0 saturated heterocycles. The molecule has 0 aromatic heterocycles. The maximum absolute atomic E-state index is 13.0. The normalized spacial score (nSPS) is 12.6. The van der Waals surface area contributed by atoms with E-state index < -0.39 is 33.6 Å². The van der Waals surface area contributed by atoms with Gasteiger partial charge in [-0.3, -0.25) is 4.79 Å². The molecule has 76 valence electrons. The summed E-state index contributed by atoms with van der Waals surface area (Å²) in [4.78, 5) is 10.5. The Morgan fingerprint density at radius 3 is 2.07 bits per heavy atom. The summed E-state index contributed by atoms with van der Waals surface area (Å²) in [5, 5.41) is 0. The first-order valence-electron chi connectivity index (χ1n) is 3.76. The summed E-state index contributed by atoms with van der Waals surface area (Å²) in [7, 11) is 0. The maximum Gasteiger partial charge on any atom is 0.182 e. The third-order valence-electron chi connectivity index (χ3n) is 1.61. The van der Waals surface area contributed by atoms with Crippen LogP contribution in [0.25, 0.3) is 0 Å². The molecule has 0 saturated carbocycles. The average molecular weight is 267 g/mol. The zero-order chi connectivity index (χ0) is 10.9. The van der Waals surface area contributed by atoms with Crippen molar-refractivity contribution in [3.8, 4) is 0 Å². The Morgan fingerprint density at radius 1 is 1.29 bits per heavy atom. The topological polar surface area (TPSA) is 17.1 Å². The molecule has 1 nitrogen and oxygen atoms in total. The minimum atomic E-state index is -1.18. The molecule has 1 atom stereocenters. The van der Waals surface area contributed by atoms with E-state index in [1.54, 1.807) is 0 Å². The molecule has 0 heterocycles. The molecular formula is C9H6BrF3O. The molecule has 0 N–H and O–H groups in total. The lowest BCUT2D eigenvalue weighted by Crippen LogP contribution is -2.14. The van der Waals surface area contributed by atoms with Crippen molar-refractivity contribution in [2.45, 2.75) is 11.8 Å². The first-order chi connectivity index (χ1) is 6.43. The first-order valence-corrected chi connectivity index (χ1v) is 4.68. The highest BCUT2D eigenvalue weighted by Crippen LogP contribution is 2.18. The van der Waals surface area contributed by atoms with Crippen molar-refractivity contribution in [3.63, 3.8) is 0 Å². The molecule has 0 aliphatic heterocycles. The number of alkyl halides is 1. The maximum atomic E-state index is 13.0. The summed E-state index contributed by atoms with van der Waals surface area (Å²) >= 11 is 2.89. The minimum Gasteiger partial charge on any atom is -0.293 e. The van der Waals surface area contributed by atoms with Crippen LogP contribution in [0, 0.1) is 17.5 Å². The molecule has 0 aliphatic carbocycles. The molecule has 1 unspecified atom stereocenters. The zero-order valence-electron chi connectivity index (χ0n) is 7.15. The molecule has 1 rings (SSSR count). The third kappa shape index (κ3) is 2.15. The van der Waals surface area contributed by atoms with E-state index >= 15 is 0 Å². The van der Waals surface area contributed by atoms with Crippen LogP contribution in [-0.4, -0.2) is 10.6 Å². The fourth-order valence-corrected chi connectivity index (χ4v) is 1.21. The monoisotopic (exact) mass is 266 g/mol. The Hall–Kier alpha value is -0.840. The van der Waals surface area contributed by atoms with Gasteiger partial charge in [-0.2, -0.15) is 0 Å². The molecule has 0 bridgehead atoms. The lowest BCUT2D eigenvalue weighted by atomic mass is 10.1. The Morgan fingerprint density at radius 2 is 1.71 bits per heavy atom. The van der Waals surface area contributed by atoms with E-state index in [0.29, 0.717) is 12.1 Å². The van der Waals surface area contributed by atoms with Gasteiger partial charge < -0.3 is 0 Å². The highest BCUT2D eigenvalue weighted by atomic mass is 79.9. The summed E-state index contributed by atoms with van der Waals surface area (Å²) < 4.78 is 38.5. The van der Waals surface area contributed by atoms with Crippen LogP contribution in [0.3, 0.4) is 0 Å². The van der Waals surface area contributed by atoms with Crippen molar-refractivity contribution >= 4 is 21.7 Å². The van der Waals surface area contributed by atoms with E-state index in [1.807, 2.05) is 0 Å². The summed E-state index contributed by atoms with van der Waals surface area (Å²) in [6, 6.07) is 0.956. The molecular weight excluding hydrogens is 261 g/mol. The van der Waals surface area contributed by atoms with Gasteiger partial charge in [0.1, 0.15) is 17.5 Å². The number of ketones is 1. The predicted molar refractivity (Wildman–Crippen MR) is 49.0 cm³/mol. The molecule has 5 heteroatoms. The smallest absolute Gasteiger partial charge is 0.182 e. The number of rotatable bonds is 2. The zero-order valence-corrected chi connectivity index (χ0v) is 8.74. The molecule has 1 aromatic carbocycles. The molecule has 14 heavy (non-hydrogen) atoms. The van der Waals surface area contributed by atoms with Crippen LogP contribution in [0.15, 0.2) is 12.1 Å². The molecule has 0 radical (unpaired) electrons. The second-order valence-electron chi connectivity index (χ2n) is 2.72. The van der Waals surface area contributed by atoms with Crippen LogP contribution in [-0.2, 0) is 0 Å². The molecule has 0 fully saturated rings. The minimum absolute atomic E-state index is 0.478. The van der Waals surface area contributed by atoms with Crippen LogP contribution < -0.4 is 0 Å². The molecule has 1 aromatic rings. The van der Waals surface area contributed by atoms with Gasteiger partial charge in [0.15, 0.2) is 5.78 Å². The number of hydrogen-bond donors (Lipinski definition) is 0. The van der Waals surface area contributed by atoms with Gasteiger partial charge in [0, 0.05) is 12.1 Å². The average Bonchev–Trinajstić information content (AvgIpc) is 2.01. The van der Waals surface area contributed by atoms with Crippen LogP contribution in [0.1, 0.15) is 17.3 Å². The fraction of sp³-hybridized carbons (Fsp3) is 0.222. The van der Waals surface area contributed by atoms with E-state index in [9.17, 15) is 18.0 Å². The Labute approximate surface area is 87.1 Å². The van der Waals surface area contributed by atoms with Crippen LogP contribution in [0.4, 0.5) is 13.2 Å². The Bertz CT molecular complexity index is 353. The summed E-state index contributed by atoms with van der Waals surface area (Å²) in [5.41, 5.74) is -0.712. The molecule has 0 aliphatic rings. The quantitative estimate of drug-likeness (QED) is 0.594. The number of carbonyl (C=O) groups is 1. The number of benzene rings is 1. The highest BCUT2D eigenvalue weighted by Gasteiger charge is 2.21. The standard InChI is InChI=1S/C9H6BrF3O/c1-4(10)9(14)8-6(12)2-5(11)3-7(8)13/h2-4H,1H3.